The summed E-state index contributed by atoms with van der Waals surface area (Å²) < 4.78 is 10.8. The van der Waals surface area contributed by atoms with Crippen molar-refractivity contribution in [3.05, 3.63) is 94.5 Å². The Labute approximate surface area is 165 Å². The third-order valence-electron chi connectivity index (χ3n) is 3.75. The summed E-state index contributed by atoms with van der Waals surface area (Å²) in [6, 6.07) is 20.9. The van der Waals surface area contributed by atoms with Crippen molar-refractivity contribution in [1.29, 1.82) is 0 Å². The van der Waals surface area contributed by atoms with E-state index in [1.54, 1.807) is 42.5 Å². The molecule has 0 saturated carbocycles. The van der Waals surface area contributed by atoms with Crippen molar-refractivity contribution in [3.8, 4) is 11.5 Å². The number of ether oxygens (including phenoxy) is 2. The number of carbonyl (C=O) groups is 2. The van der Waals surface area contributed by atoms with E-state index in [9.17, 15) is 19.7 Å². The predicted molar refractivity (Wildman–Crippen MR) is 105 cm³/mol. The third kappa shape index (κ3) is 5.39. The molecule has 0 radical (unpaired) electrons. The SMILES string of the molecule is O=C(COC(=O)c1ccccc1Oc1ccccc1)Nc1cccc([N+](=O)[O-])c1. The van der Waals surface area contributed by atoms with Gasteiger partial charge in [0.2, 0.25) is 0 Å². The Morgan fingerprint density at radius 2 is 1.66 bits per heavy atom. The molecule has 0 atom stereocenters. The topological polar surface area (TPSA) is 108 Å². The van der Waals surface area contributed by atoms with Gasteiger partial charge >= 0.3 is 5.97 Å². The van der Waals surface area contributed by atoms with Crippen LogP contribution < -0.4 is 10.1 Å². The highest BCUT2D eigenvalue weighted by Crippen LogP contribution is 2.25. The number of hydrogen-bond donors (Lipinski definition) is 1. The molecule has 1 amide bonds. The zero-order valence-electron chi connectivity index (χ0n) is 15.1. The molecule has 0 bridgehead atoms. The summed E-state index contributed by atoms with van der Waals surface area (Å²) in [5.41, 5.74) is 0.236. The van der Waals surface area contributed by atoms with E-state index in [0.29, 0.717) is 11.5 Å². The van der Waals surface area contributed by atoms with E-state index in [2.05, 4.69) is 5.32 Å². The second kappa shape index (κ2) is 9.14. The lowest BCUT2D eigenvalue weighted by Crippen LogP contribution is -2.21. The highest BCUT2D eigenvalue weighted by molar-refractivity contribution is 5.97. The van der Waals surface area contributed by atoms with Crippen LogP contribution in [0.2, 0.25) is 0 Å². The summed E-state index contributed by atoms with van der Waals surface area (Å²) in [5.74, 6) is -0.509. The lowest BCUT2D eigenvalue weighted by molar-refractivity contribution is -0.384. The average Bonchev–Trinajstić information content (AvgIpc) is 2.73. The molecule has 0 unspecified atom stereocenters. The molecular weight excluding hydrogens is 376 g/mol. The standard InChI is InChI=1S/C21H16N2O6/c24-20(22-15-7-6-8-16(13-15)23(26)27)14-28-21(25)18-11-4-5-12-19(18)29-17-9-2-1-3-10-17/h1-13H,14H2,(H,22,24). The van der Waals surface area contributed by atoms with Gasteiger partial charge in [0.25, 0.3) is 11.6 Å². The quantitative estimate of drug-likeness (QED) is 0.367. The average molecular weight is 392 g/mol. The fraction of sp³-hybridized carbons (Fsp3) is 0.0476. The zero-order chi connectivity index (χ0) is 20.6. The van der Waals surface area contributed by atoms with Gasteiger partial charge in [-0.15, -0.1) is 0 Å². The second-order valence-corrected chi connectivity index (χ2v) is 5.84. The molecule has 0 heterocycles. The highest BCUT2D eigenvalue weighted by atomic mass is 16.6. The molecule has 0 saturated heterocycles. The van der Waals surface area contributed by atoms with E-state index in [-0.39, 0.29) is 16.9 Å². The van der Waals surface area contributed by atoms with Gasteiger partial charge in [0.1, 0.15) is 17.1 Å². The van der Waals surface area contributed by atoms with Crippen molar-refractivity contribution in [1.82, 2.24) is 0 Å². The predicted octanol–water partition coefficient (Wildman–Crippen LogP) is 4.18. The van der Waals surface area contributed by atoms with Gasteiger partial charge in [-0.05, 0) is 30.3 Å². The van der Waals surface area contributed by atoms with Crippen LogP contribution >= 0.6 is 0 Å². The van der Waals surface area contributed by atoms with Crippen LogP contribution in [0.3, 0.4) is 0 Å². The van der Waals surface area contributed by atoms with Crippen LogP contribution in [0.4, 0.5) is 11.4 Å². The normalized spacial score (nSPS) is 10.1. The molecule has 3 aromatic rings. The van der Waals surface area contributed by atoms with Crippen molar-refractivity contribution in [2.45, 2.75) is 0 Å². The Morgan fingerprint density at radius 3 is 2.41 bits per heavy atom. The lowest BCUT2D eigenvalue weighted by Gasteiger charge is -2.11. The molecule has 0 spiro atoms. The minimum Gasteiger partial charge on any atom is -0.456 e. The number of hydrogen-bond acceptors (Lipinski definition) is 6. The van der Waals surface area contributed by atoms with Crippen LogP contribution in [0.25, 0.3) is 0 Å². The summed E-state index contributed by atoms with van der Waals surface area (Å²) in [7, 11) is 0. The number of non-ortho nitro benzene ring substituents is 1. The molecule has 0 fully saturated rings. The monoisotopic (exact) mass is 392 g/mol. The van der Waals surface area contributed by atoms with Crippen LogP contribution in [0.1, 0.15) is 10.4 Å². The first-order valence-corrected chi connectivity index (χ1v) is 8.56. The van der Waals surface area contributed by atoms with Gasteiger partial charge in [-0.2, -0.15) is 0 Å². The summed E-state index contributed by atoms with van der Waals surface area (Å²) >= 11 is 0. The summed E-state index contributed by atoms with van der Waals surface area (Å²) in [5, 5.41) is 13.2. The number of nitro benzene ring substituents is 1. The fourth-order valence-corrected chi connectivity index (χ4v) is 2.44. The first-order valence-electron chi connectivity index (χ1n) is 8.56. The Hall–Kier alpha value is -4.20. The van der Waals surface area contributed by atoms with E-state index in [4.69, 9.17) is 9.47 Å². The van der Waals surface area contributed by atoms with E-state index in [1.165, 1.54) is 30.3 Å². The maximum atomic E-state index is 12.4. The molecule has 0 aliphatic heterocycles. The van der Waals surface area contributed by atoms with Gasteiger partial charge in [0, 0.05) is 17.8 Å². The molecule has 29 heavy (non-hydrogen) atoms. The number of nitro groups is 1. The number of nitrogens with one attached hydrogen (secondary N) is 1. The Kier molecular flexibility index (Phi) is 6.16. The molecule has 0 aliphatic rings. The maximum Gasteiger partial charge on any atom is 0.342 e. The number of esters is 1. The summed E-state index contributed by atoms with van der Waals surface area (Å²) in [4.78, 5) is 34.6. The summed E-state index contributed by atoms with van der Waals surface area (Å²) in [6.07, 6.45) is 0. The number of rotatable bonds is 7. The molecule has 146 valence electrons. The lowest BCUT2D eigenvalue weighted by atomic mass is 10.2. The van der Waals surface area contributed by atoms with E-state index >= 15 is 0 Å². The number of amides is 1. The van der Waals surface area contributed by atoms with Gasteiger partial charge in [-0.3, -0.25) is 14.9 Å². The summed E-state index contributed by atoms with van der Waals surface area (Å²) in [6.45, 7) is -0.554. The number of nitrogens with zero attached hydrogens (tertiary/aromatic N) is 1. The van der Waals surface area contributed by atoms with Crippen LogP contribution in [0.5, 0.6) is 11.5 Å². The molecule has 3 aromatic carbocycles. The number of carbonyl (C=O) groups excluding carboxylic acids is 2. The second-order valence-electron chi connectivity index (χ2n) is 5.84. The molecular formula is C21H16N2O6. The van der Waals surface area contributed by atoms with Crippen molar-refractivity contribution in [2.24, 2.45) is 0 Å². The molecule has 1 N–H and O–H groups in total. The van der Waals surface area contributed by atoms with Crippen molar-refractivity contribution in [2.75, 3.05) is 11.9 Å². The minimum absolute atomic E-state index is 0.160. The fourth-order valence-electron chi connectivity index (χ4n) is 2.44. The molecule has 8 nitrogen and oxygen atoms in total. The first-order chi connectivity index (χ1) is 14.0. The molecule has 0 aliphatic carbocycles. The maximum absolute atomic E-state index is 12.4. The Balaban J connectivity index is 1.61. The van der Waals surface area contributed by atoms with E-state index < -0.39 is 23.4 Å². The van der Waals surface area contributed by atoms with Gasteiger partial charge < -0.3 is 14.8 Å². The third-order valence-corrected chi connectivity index (χ3v) is 3.75. The van der Waals surface area contributed by atoms with Crippen molar-refractivity contribution >= 4 is 23.3 Å². The highest BCUT2D eigenvalue weighted by Gasteiger charge is 2.16. The largest absolute Gasteiger partial charge is 0.456 e. The minimum atomic E-state index is -0.731. The van der Waals surface area contributed by atoms with Crippen molar-refractivity contribution < 1.29 is 24.0 Å². The van der Waals surface area contributed by atoms with Crippen LogP contribution in [-0.2, 0) is 9.53 Å². The number of anilines is 1. The molecule has 8 heteroatoms. The number of para-hydroxylation sites is 2. The van der Waals surface area contributed by atoms with Gasteiger partial charge in [0.15, 0.2) is 6.61 Å². The van der Waals surface area contributed by atoms with E-state index in [1.807, 2.05) is 6.07 Å². The van der Waals surface area contributed by atoms with E-state index in [0.717, 1.165) is 0 Å². The van der Waals surface area contributed by atoms with Crippen molar-refractivity contribution in [3.63, 3.8) is 0 Å². The number of benzene rings is 3. The van der Waals surface area contributed by atoms with Crippen LogP contribution in [0, 0.1) is 10.1 Å². The van der Waals surface area contributed by atoms with Crippen LogP contribution in [0.15, 0.2) is 78.9 Å². The Morgan fingerprint density at radius 1 is 0.931 bits per heavy atom. The zero-order valence-corrected chi connectivity index (χ0v) is 15.1. The molecule has 3 rings (SSSR count). The van der Waals surface area contributed by atoms with Gasteiger partial charge in [0.05, 0.1) is 4.92 Å². The smallest absolute Gasteiger partial charge is 0.342 e. The van der Waals surface area contributed by atoms with Crippen LogP contribution in [-0.4, -0.2) is 23.4 Å². The van der Waals surface area contributed by atoms with Gasteiger partial charge in [-0.25, -0.2) is 4.79 Å². The molecule has 0 aromatic heterocycles. The first kappa shape index (κ1) is 19.6. The Bertz CT molecular complexity index is 1040. The van der Waals surface area contributed by atoms with Gasteiger partial charge in [-0.1, -0.05) is 36.4 Å².